The monoisotopic (exact) mass is 86.1 g/mol. The zero-order valence-corrected chi connectivity index (χ0v) is 4.23. The van der Waals surface area contributed by atoms with E-state index in [1.54, 1.807) is 0 Å². The molecule has 1 aliphatic heterocycles. The van der Waals surface area contributed by atoms with Crippen LogP contribution in [0.25, 0.3) is 0 Å². The first-order chi connectivity index (χ1) is 2.84. The third kappa shape index (κ3) is 0.533. The minimum atomic E-state index is 0.787. The van der Waals surface area contributed by atoms with Crippen molar-refractivity contribution >= 4 is 0 Å². The molecule has 6 heavy (non-hydrogen) atoms. The number of hydrogen-bond acceptors (Lipinski definition) is 2. The van der Waals surface area contributed by atoms with Crippen LogP contribution in [-0.4, -0.2) is 24.6 Å². The van der Waals surface area contributed by atoms with Crippen molar-refractivity contribution in [2.24, 2.45) is 0 Å². The van der Waals surface area contributed by atoms with Crippen molar-refractivity contribution in [2.45, 2.75) is 13.0 Å². The SMILES string of the molecule is CNN1CC1C. The van der Waals surface area contributed by atoms with Crippen LogP contribution < -0.4 is 5.43 Å². The van der Waals surface area contributed by atoms with E-state index >= 15 is 0 Å². The van der Waals surface area contributed by atoms with Crippen LogP contribution in [0.5, 0.6) is 0 Å². The highest BCUT2D eigenvalue weighted by molar-refractivity contribution is 4.79. The van der Waals surface area contributed by atoms with Crippen LogP contribution in [0.4, 0.5) is 0 Å². The van der Waals surface area contributed by atoms with E-state index in [4.69, 9.17) is 0 Å². The highest BCUT2D eigenvalue weighted by Gasteiger charge is 2.26. The molecule has 2 heteroatoms. The summed E-state index contributed by atoms with van der Waals surface area (Å²) in [6.45, 7) is 3.41. The molecule has 0 spiro atoms. The average Bonchev–Trinajstić information content (AvgIpc) is 2.19. The molecule has 1 fully saturated rings. The van der Waals surface area contributed by atoms with Gasteiger partial charge < -0.3 is 0 Å². The van der Waals surface area contributed by atoms with Crippen LogP contribution >= 0.6 is 0 Å². The number of hydrazine groups is 1. The Morgan fingerprint density at radius 3 is 2.33 bits per heavy atom. The molecule has 0 aromatic carbocycles. The Balaban J connectivity index is 2.09. The van der Waals surface area contributed by atoms with Gasteiger partial charge in [-0.15, -0.1) is 0 Å². The Morgan fingerprint density at radius 2 is 2.33 bits per heavy atom. The molecule has 0 radical (unpaired) electrons. The summed E-state index contributed by atoms with van der Waals surface area (Å²) in [6.07, 6.45) is 0. The van der Waals surface area contributed by atoms with Gasteiger partial charge in [-0.05, 0) is 14.0 Å². The number of rotatable bonds is 1. The fourth-order valence-electron chi connectivity index (χ4n) is 0.549. The Kier molecular flexibility index (Phi) is 0.821. The van der Waals surface area contributed by atoms with Crippen LogP contribution in [-0.2, 0) is 0 Å². The molecule has 1 N–H and O–H groups in total. The van der Waals surface area contributed by atoms with E-state index in [-0.39, 0.29) is 0 Å². The van der Waals surface area contributed by atoms with Crippen LogP contribution in [0.3, 0.4) is 0 Å². The van der Waals surface area contributed by atoms with Gasteiger partial charge in [0.05, 0.1) is 0 Å². The van der Waals surface area contributed by atoms with Crippen molar-refractivity contribution in [3.63, 3.8) is 0 Å². The van der Waals surface area contributed by atoms with Gasteiger partial charge in [-0.2, -0.15) is 0 Å². The maximum absolute atomic E-state index is 3.02. The molecule has 36 valence electrons. The molecule has 0 amide bonds. The molecule has 2 unspecified atom stereocenters. The van der Waals surface area contributed by atoms with Gasteiger partial charge in [0.1, 0.15) is 0 Å². The summed E-state index contributed by atoms with van der Waals surface area (Å²) in [5.74, 6) is 0. The second-order valence-electron chi connectivity index (χ2n) is 1.72. The summed E-state index contributed by atoms with van der Waals surface area (Å²) in [5.41, 5.74) is 3.02. The van der Waals surface area contributed by atoms with E-state index in [1.165, 1.54) is 6.54 Å². The molecule has 1 rings (SSSR count). The van der Waals surface area contributed by atoms with Crippen molar-refractivity contribution in [3.8, 4) is 0 Å². The van der Waals surface area contributed by atoms with E-state index in [1.807, 2.05) is 7.05 Å². The molecule has 0 aromatic heterocycles. The minimum Gasteiger partial charge on any atom is -0.258 e. The molecular formula is C4H10N2. The van der Waals surface area contributed by atoms with Gasteiger partial charge in [0.2, 0.25) is 0 Å². The van der Waals surface area contributed by atoms with Gasteiger partial charge in [0.25, 0.3) is 0 Å². The maximum atomic E-state index is 3.02. The first-order valence-electron chi connectivity index (χ1n) is 2.28. The van der Waals surface area contributed by atoms with E-state index < -0.39 is 0 Å². The highest BCUT2D eigenvalue weighted by atomic mass is 15.6. The van der Waals surface area contributed by atoms with Gasteiger partial charge in [0, 0.05) is 12.6 Å². The largest absolute Gasteiger partial charge is 0.258 e. The van der Waals surface area contributed by atoms with E-state index in [0.29, 0.717) is 0 Å². The van der Waals surface area contributed by atoms with Gasteiger partial charge in [-0.25, -0.2) is 5.01 Å². The van der Waals surface area contributed by atoms with Crippen LogP contribution in [0, 0.1) is 0 Å². The van der Waals surface area contributed by atoms with Gasteiger partial charge in [-0.1, -0.05) is 0 Å². The van der Waals surface area contributed by atoms with Crippen LogP contribution in [0.2, 0.25) is 0 Å². The molecule has 0 saturated carbocycles. The fraction of sp³-hybridized carbons (Fsp3) is 1.00. The number of hydrogen-bond donors (Lipinski definition) is 1. The second kappa shape index (κ2) is 1.21. The average molecular weight is 86.1 g/mol. The predicted molar refractivity (Wildman–Crippen MR) is 25.2 cm³/mol. The Morgan fingerprint density at radius 1 is 1.83 bits per heavy atom. The molecule has 1 heterocycles. The lowest BCUT2D eigenvalue weighted by Crippen LogP contribution is -2.15. The van der Waals surface area contributed by atoms with Crippen LogP contribution in [0.15, 0.2) is 0 Å². The number of nitrogens with one attached hydrogen (secondary N) is 1. The molecule has 0 aromatic rings. The Labute approximate surface area is 38.1 Å². The summed E-state index contributed by atoms with van der Waals surface area (Å²) in [7, 11) is 1.95. The highest BCUT2D eigenvalue weighted by Crippen LogP contribution is 2.09. The summed E-state index contributed by atoms with van der Waals surface area (Å²) in [4.78, 5) is 0. The van der Waals surface area contributed by atoms with Gasteiger partial charge in [0.15, 0.2) is 0 Å². The molecule has 1 saturated heterocycles. The zero-order valence-electron chi connectivity index (χ0n) is 4.23. The van der Waals surface area contributed by atoms with Crippen molar-refractivity contribution in [3.05, 3.63) is 0 Å². The van der Waals surface area contributed by atoms with Crippen molar-refractivity contribution < 1.29 is 0 Å². The number of nitrogens with zero attached hydrogens (tertiary/aromatic N) is 1. The van der Waals surface area contributed by atoms with E-state index in [9.17, 15) is 0 Å². The van der Waals surface area contributed by atoms with Crippen molar-refractivity contribution in [1.29, 1.82) is 0 Å². The summed E-state index contributed by atoms with van der Waals surface area (Å²) in [6, 6.07) is 0.787. The molecule has 0 bridgehead atoms. The standard InChI is InChI=1S/C4H10N2/c1-4-3-6(4)5-2/h4-5H,3H2,1-2H3. The van der Waals surface area contributed by atoms with E-state index in [2.05, 4.69) is 17.4 Å². The first kappa shape index (κ1) is 4.09. The lowest BCUT2D eigenvalue weighted by atomic mass is 10.6. The van der Waals surface area contributed by atoms with Crippen LogP contribution in [0.1, 0.15) is 6.92 Å². The Hall–Kier alpha value is -0.0800. The normalized spacial score (nSPS) is 43.0. The molecular weight excluding hydrogens is 76.1 g/mol. The van der Waals surface area contributed by atoms with Crippen molar-refractivity contribution in [1.82, 2.24) is 10.4 Å². The maximum Gasteiger partial charge on any atom is 0.0357 e. The lowest BCUT2D eigenvalue weighted by Gasteiger charge is -1.91. The van der Waals surface area contributed by atoms with Gasteiger partial charge >= 0.3 is 0 Å². The zero-order chi connectivity index (χ0) is 4.57. The van der Waals surface area contributed by atoms with Crippen molar-refractivity contribution in [2.75, 3.05) is 13.6 Å². The topological polar surface area (TPSA) is 15.0 Å². The predicted octanol–water partition coefficient (Wildman–Crippen LogP) is -0.175. The summed E-state index contributed by atoms with van der Waals surface area (Å²) in [5, 5.41) is 2.17. The quantitative estimate of drug-likeness (QED) is 0.445. The van der Waals surface area contributed by atoms with E-state index in [0.717, 1.165) is 6.04 Å². The second-order valence-corrected chi connectivity index (χ2v) is 1.72. The molecule has 2 nitrogen and oxygen atoms in total. The van der Waals surface area contributed by atoms with Gasteiger partial charge in [-0.3, -0.25) is 5.43 Å². The third-order valence-corrected chi connectivity index (χ3v) is 1.15. The lowest BCUT2D eigenvalue weighted by molar-refractivity contribution is 0.422. The summed E-state index contributed by atoms with van der Waals surface area (Å²) >= 11 is 0. The Bertz CT molecular complexity index is 51.5. The molecule has 0 aliphatic carbocycles. The fourth-order valence-corrected chi connectivity index (χ4v) is 0.549. The molecule has 2 atom stereocenters. The summed E-state index contributed by atoms with van der Waals surface area (Å²) < 4.78 is 0. The minimum absolute atomic E-state index is 0.787. The smallest absolute Gasteiger partial charge is 0.0357 e. The third-order valence-electron chi connectivity index (χ3n) is 1.15. The first-order valence-corrected chi connectivity index (χ1v) is 2.28. The molecule has 1 aliphatic rings.